The number of aromatic nitrogens is 2. The third-order valence-electron chi connectivity index (χ3n) is 5.95. The number of thioether (sulfide) groups is 1. The molecule has 2 atom stereocenters. The highest BCUT2D eigenvalue weighted by Crippen LogP contribution is 2.47. The van der Waals surface area contributed by atoms with Crippen LogP contribution in [0.25, 0.3) is 11.0 Å². The van der Waals surface area contributed by atoms with Crippen LogP contribution in [0.15, 0.2) is 23.1 Å². The zero-order valence-electron chi connectivity index (χ0n) is 18.0. The van der Waals surface area contributed by atoms with E-state index in [1.165, 1.54) is 20.2 Å². The number of carbonyl (C=O) groups is 2. The number of benzene rings is 1. The minimum absolute atomic E-state index is 0.00937. The van der Waals surface area contributed by atoms with Crippen molar-refractivity contribution in [2.45, 2.75) is 55.6 Å². The van der Waals surface area contributed by atoms with Gasteiger partial charge in [0.15, 0.2) is 0 Å². The average Bonchev–Trinajstić information content (AvgIpc) is 3.35. The lowest BCUT2D eigenvalue weighted by atomic mass is 10.2. The molecule has 0 radical (unpaired) electrons. The number of hydrogen-bond acceptors (Lipinski definition) is 7. The molecule has 9 nitrogen and oxygen atoms in total. The van der Waals surface area contributed by atoms with Crippen molar-refractivity contribution in [2.75, 3.05) is 19.8 Å². The van der Waals surface area contributed by atoms with E-state index in [-0.39, 0.29) is 22.3 Å². The third-order valence-corrected chi connectivity index (χ3v) is 9.27. The molecule has 31 heavy (non-hydrogen) atoms. The second-order valence-corrected chi connectivity index (χ2v) is 11.7. The van der Waals surface area contributed by atoms with E-state index in [9.17, 15) is 18.0 Å². The van der Waals surface area contributed by atoms with E-state index in [1.54, 1.807) is 28.8 Å². The topological polar surface area (TPSA) is 102 Å². The van der Waals surface area contributed by atoms with Gasteiger partial charge in [-0.05, 0) is 38.5 Å². The smallest absolute Gasteiger partial charge is 0.330 e. The van der Waals surface area contributed by atoms with E-state index in [0.29, 0.717) is 30.1 Å². The number of aryl methyl sites for hydroxylation is 1. The lowest BCUT2D eigenvalue weighted by molar-refractivity contribution is -0.154. The van der Waals surface area contributed by atoms with Crippen molar-refractivity contribution in [3.63, 3.8) is 0 Å². The van der Waals surface area contributed by atoms with Gasteiger partial charge in [-0.15, -0.1) is 11.8 Å². The summed E-state index contributed by atoms with van der Waals surface area (Å²) < 4.78 is 33.5. The Morgan fingerprint density at radius 2 is 2.13 bits per heavy atom. The van der Waals surface area contributed by atoms with E-state index in [2.05, 4.69) is 4.98 Å². The number of carbonyl (C=O) groups excluding carboxylic acids is 2. The molecule has 0 saturated carbocycles. The van der Waals surface area contributed by atoms with E-state index < -0.39 is 22.0 Å². The molecule has 0 bridgehead atoms. The van der Waals surface area contributed by atoms with Crippen LogP contribution in [0.2, 0.25) is 0 Å². The lowest BCUT2D eigenvalue weighted by Crippen LogP contribution is -2.46. The molecule has 2 aliphatic heterocycles. The van der Waals surface area contributed by atoms with Crippen LogP contribution in [0.5, 0.6) is 0 Å². The third kappa shape index (κ3) is 3.62. The largest absolute Gasteiger partial charge is 0.456 e. The van der Waals surface area contributed by atoms with Gasteiger partial charge in [0.1, 0.15) is 18.5 Å². The van der Waals surface area contributed by atoms with E-state index in [4.69, 9.17) is 4.74 Å². The summed E-state index contributed by atoms with van der Waals surface area (Å²) in [6, 6.07) is 4.22. The predicted octanol–water partition coefficient (Wildman–Crippen LogP) is 1.80. The first-order valence-electron chi connectivity index (χ1n) is 10.1. The predicted molar refractivity (Wildman–Crippen MR) is 117 cm³/mol. The Hall–Kier alpha value is -2.11. The summed E-state index contributed by atoms with van der Waals surface area (Å²) in [5.41, 5.74) is 1.29. The van der Waals surface area contributed by atoms with Crippen LogP contribution in [0.1, 0.15) is 32.5 Å². The van der Waals surface area contributed by atoms with Crippen molar-refractivity contribution in [3.05, 3.63) is 24.0 Å². The minimum Gasteiger partial charge on any atom is -0.456 e. The van der Waals surface area contributed by atoms with Gasteiger partial charge in [-0.25, -0.2) is 22.5 Å². The summed E-state index contributed by atoms with van der Waals surface area (Å²) >= 11 is 1.62. The fourth-order valence-corrected chi connectivity index (χ4v) is 6.56. The van der Waals surface area contributed by atoms with Crippen molar-refractivity contribution in [1.29, 1.82) is 0 Å². The van der Waals surface area contributed by atoms with Crippen LogP contribution in [-0.4, -0.2) is 69.8 Å². The van der Waals surface area contributed by atoms with Crippen LogP contribution in [0.4, 0.5) is 0 Å². The second kappa shape index (κ2) is 7.79. The van der Waals surface area contributed by atoms with Gasteiger partial charge in [0.25, 0.3) is 0 Å². The number of amides is 1. The first-order valence-corrected chi connectivity index (χ1v) is 12.6. The van der Waals surface area contributed by atoms with Crippen molar-refractivity contribution in [1.82, 2.24) is 18.8 Å². The Bertz CT molecular complexity index is 1160. The molecular formula is C20H26N4O5S2. The highest BCUT2D eigenvalue weighted by molar-refractivity contribution is 8.01. The second-order valence-electron chi connectivity index (χ2n) is 8.08. The molecule has 1 aromatic heterocycles. The molecule has 3 heterocycles. The molecule has 11 heteroatoms. The fourth-order valence-electron chi connectivity index (χ4n) is 4.22. The zero-order valence-corrected chi connectivity index (χ0v) is 19.6. The van der Waals surface area contributed by atoms with Gasteiger partial charge in [-0.3, -0.25) is 4.79 Å². The summed E-state index contributed by atoms with van der Waals surface area (Å²) in [5.74, 6) is 0.616. The molecule has 0 unspecified atom stereocenters. The van der Waals surface area contributed by atoms with E-state index in [1.807, 2.05) is 18.4 Å². The van der Waals surface area contributed by atoms with Gasteiger partial charge in [0, 0.05) is 32.8 Å². The van der Waals surface area contributed by atoms with Gasteiger partial charge < -0.3 is 14.2 Å². The molecule has 1 amide bonds. The van der Waals surface area contributed by atoms with Crippen molar-refractivity contribution in [2.24, 2.45) is 0 Å². The Morgan fingerprint density at radius 1 is 1.39 bits per heavy atom. The molecule has 0 aliphatic carbocycles. The summed E-state index contributed by atoms with van der Waals surface area (Å²) in [6.07, 6.45) is 1.20. The maximum absolute atomic E-state index is 12.8. The summed E-state index contributed by atoms with van der Waals surface area (Å²) in [4.78, 5) is 31.1. The first-order chi connectivity index (χ1) is 14.6. The standard InChI is InChI=1S/C20H26N4O5S2/c1-5-23-15-7-6-13(31(27,28)22(3)4)10-14(15)21-17(23)11-29-19(26)16-12-30-20(2)9-8-18(25)24(16)20/h6-7,10,16H,5,8-9,11-12H2,1-4H3/t16-,20-/m0/s1. The monoisotopic (exact) mass is 466 g/mol. The molecule has 168 valence electrons. The van der Waals surface area contributed by atoms with Gasteiger partial charge in [-0.2, -0.15) is 0 Å². The van der Waals surface area contributed by atoms with E-state index in [0.717, 1.165) is 16.2 Å². The Kier molecular flexibility index (Phi) is 5.55. The molecular weight excluding hydrogens is 440 g/mol. The fraction of sp³-hybridized carbons (Fsp3) is 0.550. The normalized spacial score (nSPS) is 23.7. The first kappa shape index (κ1) is 22.1. The highest BCUT2D eigenvalue weighted by atomic mass is 32.2. The van der Waals surface area contributed by atoms with Gasteiger partial charge >= 0.3 is 5.97 Å². The van der Waals surface area contributed by atoms with Crippen molar-refractivity contribution >= 4 is 44.7 Å². The summed E-state index contributed by atoms with van der Waals surface area (Å²) in [7, 11) is -0.619. The number of imidazole rings is 1. The highest BCUT2D eigenvalue weighted by Gasteiger charge is 2.53. The number of fused-ring (bicyclic) bond motifs is 2. The Balaban J connectivity index is 1.56. The van der Waals surface area contributed by atoms with Crippen LogP contribution < -0.4 is 0 Å². The molecule has 0 N–H and O–H groups in total. The van der Waals surface area contributed by atoms with Crippen LogP contribution in [0, 0.1) is 0 Å². The number of esters is 1. The number of hydrogen-bond donors (Lipinski definition) is 0. The summed E-state index contributed by atoms with van der Waals surface area (Å²) in [5, 5.41) is 0. The van der Waals surface area contributed by atoms with Crippen LogP contribution >= 0.6 is 11.8 Å². The lowest BCUT2D eigenvalue weighted by Gasteiger charge is -2.29. The molecule has 4 rings (SSSR count). The maximum Gasteiger partial charge on any atom is 0.330 e. The maximum atomic E-state index is 12.8. The van der Waals surface area contributed by atoms with Crippen LogP contribution in [0.3, 0.4) is 0 Å². The van der Waals surface area contributed by atoms with E-state index >= 15 is 0 Å². The van der Waals surface area contributed by atoms with Gasteiger partial charge in [-0.1, -0.05) is 0 Å². The quantitative estimate of drug-likeness (QED) is 0.598. The Morgan fingerprint density at radius 3 is 2.81 bits per heavy atom. The Labute approximate surface area is 185 Å². The number of rotatable bonds is 6. The van der Waals surface area contributed by atoms with Crippen LogP contribution in [-0.2, 0) is 37.5 Å². The number of nitrogens with zero attached hydrogens (tertiary/aromatic N) is 4. The molecule has 2 aromatic rings. The van der Waals surface area contributed by atoms with Crippen molar-refractivity contribution in [3.8, 4) is 0 Å². The SMILES string of the molecule is CCn1c(COC(=O)[C@@H]2CS[C@@]3(C)CCC(=O)N23)nc2cc(S(=O)(=O)N(C)C)ccc21. The van der Waals surface area contributed by atoms with Crippen molar-refractivity contribution < 1.29 is 22.7 Å². The molecule has 1 aromatic carbocycles. The molecule has 2 aliphatic rings. The average molecular weight is 467 g/mol. The molecule has 2 fully saturated rings. The van der Waals surface area contributed by atoms with Gasteiger partial charge in [0.2, 0.25) is 15.9 Å². The zero-order chi connectivity index (χ0) is 22.6. The molecule has 0 spiro atoms. The number of sulfonamides is 1. The summed E-state index contributed by atoms with van der Waals surface area (Å²) in [6.45, 7) is 4.48. The van der Waals surface area contributed by atoms with Gasteiger partial charge in [0.05, 0.1) is 20.8 Å². The number of ether oxygens (including phenoxy) is 1. The minimum atomic E-state index is -3.58. The molecule has 2 saturated heterocycles.